The lowest BCUT2D eigenvalue weighted by Gasteiger charge is -2.28. The SMILES string of the molecule is COc1ncnc(N(C)CC2CC3CCC2C3)c1N. The van der Waals surface area contributed by atoms with Gasteiger partial charge >= 0.3 is 0 Å². The summed E-state index contributed by atoms with van der Waals surface area (Å²) in [6.45, 7) is 1.03. The molecule has 2 bridgehead atoms. The number of nitrogens with zero attached hydrogens (tertiary/aromatic N) is 3. The van der Waals surface area contributed by atoms with Crippen molar-refractivity contribution in [3.05, 3.63) is 6.33 Å². The number of hydrogen-bond acceptors (Lipinski definition) is 5. The zero-order chi connectivity index (χ0) is 13.4. The summed E-state index contributed by atoms with van der Waals surface area (Å²) < 4.78 is 5.15. The Bertz CT molecular complexity index is 465. The molecule has 104 valence electrons. The molecule has 5 heteroatoms. The molecule has 3 rings (SSSR count). The fourth-order valence-corrected chi connectivity index (χ4v) is 3.88. The van der Waals surface area contributed by atoms with E-state index in [0.29, 0.717) is 11.6 Å². The molecule has 5 nitrogen and oxygen atoms in total. The predicted octanol–water partition coefficient (Wildman–Crippen LogP) is 1.94. The van der Waals surface area contributed by atoms with Crippen molar-refractivity contribution in [2.45, 2.75) is 25.7 Å². The van der Waals surface area contributed by atoms with Crippen molar-refractivity contribution >= 4 is 11.5 Å². The van der Waals surface area contributed by atoms with E-state index in [1.54, 1.807) is 7.11 Å². The van der Waals surface area contributed by atoms with Gasteiger partial charge in [0.2, 0.25) is 5.88 Å². The fraction of sp³-hybridized carbons (Fsp3) is 0.714. The van der Waals surface area contributed by atoms with Crippen LogP contribution in [0.1, 0.15) is 25.7 Å². The van der Waals surface area contributed by atoms with Gasteiger partial charge in [0.15, 0.2) is 5.82 Å². The molecule has 2 aliphatic carbocycles. The van der Waals surface area contributed by atoms with Crippen LogP contribution in [0.25, 0.3) is 0 Å². The van der Waals surface area contributed by atoms with E-state index in [4.69, 9.17) is 10.5 Å². The van der Waals surface area contributed by atoms with E-state index in [0.717, 1.165) is 30.1 Å². The number of nitrogen functional groups attached to an aromatic ring is 1. The number of rotatable bonds is 4. The first kappa shape index (κ1) is 12.5. The first-order valence-corrected chi connectivity index (χ1v) is 7.04. The number of methoxy groups -OCH3 is 1. The number of fused-ring (bicyclic) bond motifs is 2. The van der Waals surface area contributed by atoms with Crippen LogP contribution in [0.5, 0.6) is 5.88 Å². The molecule has 0 aliphatic heterocycles. The second-order valence-corrected chi connectivity index (χ2v) is 5.94. The first-order chi connectivity index (χ1) is 9.19. The summed E-state index contributed by atoms with van der Waals surface area (Å²) in [5.41, 5.74) is 6.59. The molecule has 0 aromatic carbocycles. The van der Waals surface area contributed by atoms with E-state index >= 15 is 0 Å². The van der Waals surface area contributed by atoms with Crippen molar-refractivity contribution in [2.75, 3.05) is 31.3 Å². The molecule has 2 fully saturated rings. The Morgan fingerprint density at radius 1 is 1.37 bits per heavy atom. The van der Waals surface area contributed by atoms with Gasteiger partial charge in [-0.15, -0.1) is 0 Å². The maximum absolute atomic E-state index is 6.05. The van der Waals surface area contributed by atoms with Crippen LogP contribution in [0.15, 0.2) is 6.33 Å². The Morgan fingerprint density at radius 2 is 2.21 bits per heavy atom. The molecular formula is C14H22N4O. The van der Waals surface area contributed by atoms with Crippen LogP contribution in [0.3, 0.4) is 0 Å². The van der Waals surface area contributed by atoms with Crippen LogP contribution < -0.4 is 15.4 Å². The second kappa shape index (κ2) is 4.87. The van der Waals surface area contributed by atoms with Crippen LogP contribution >= 0.6 is 0 Å². The predicted molar refractivity (Wildman–Crippen MR) is 75.2 cm³/mol. The minimum Gasteiger partial charge on any atom is -0.479 e. The number of aromatic nitrogens is 2. The van der Waals surface area contributed by atoms with Gasteiger partial charge in [0.1, 0.15) is 12.0 Å². The molecule has 0 saturated heterocycles. The fourth-order valence-electron chi connectivity index (χ4n) is 3.88. The van der Waals surface area contributed by atoms with Gasteiger partial charge < -0.3 is 15.4 Å². The third-order valence-electron chi connectivity index (χ3n) is 4.77. The summed E-state index contributed by atoms with van der Waals surface area (Å²) >= 11 is 0. The molecule has 3 atom stereocenters. The van der Waals surface area contributed by atoms with Gasteiger partial charge in [-0.3, -0.25) is 0 Å². The molecule has 3 unspecified atom stereocenters. The summed E-state index contributed by atoms with van der Waals surface area (Å²) in [4.78, 5) is 10.5. The van der Waals surface area contributed by atoms with Gasteiger partial charge in [0.05, 0.1) is 7.11 Å². The number of hydrogen-bond donors (Lipinski definition) is 1. The van der Waals surface area contributed by atoms with Gasteiger partial charge in [-0.25, -0.2) is 4.98 Å². The first-order valence-electron chi connectivity index (χ1n) is 7.04. The summed E-state index contributed by atoms with van der Waals surface area (Å²) in [7, 11) is 3.64. The van der Waals surface area contributed by atoms with Crippen LogP contribution in [-0.4, -0.2) is 30.7 Å². The average Bonchev–Trinajstić information content (AvgIpc) is 3.01. The monoisotopic (exact) mass is 262 g/mol. The zero-order valence-electron chi connectivity index (χ0n) is 11.7. The molecule has 19 heavy (non-hydrogen) atoms. The highest BCUT2D eigenvalue weighted by Gasteiger charge is 2.39. The van der Waals surface area contributed by atoms with Gasteiger partial charge in [-0.2, -0.15) is 4.98 Å². The van der Waals surface area contributed by atoms with E-state index < -0.39 is 0 Å². The minimum atomic E-state index is 0.463. The van der Waals surface area contributed by atoms with Crippen molar-refractivity contribution in [1.82, 2.24) is 9.97 Å². The van der Waals surface area contributed by atoms with Crippen molar-refractivity contribution < 1.29 is 4.74 Å². The van der Waals surface area contributed by atoms with Crippen LogP contribution in [-0.2, 0) is 0 Å². The maximum Gasteiger partial charge on any atom is 0.242 e. The second-order valence-electron chi connectivity index (χ2n) is 5.94. The van der Waals surface area contributed by atoms with E-state index in [2.05, 4.69) is 21.9 Å². The number of nitrogens with two attached hydrogens (primary N) is 1. The zero-order valence-corrected chi connectivity index (χ0v) is 11.7. The quantitative estimate of drug-likeness (QED) is 0.898. The van der Waals surface area contributed by atoms with Crippen LogP contribution in [0.4, 0.5) is 11.5 Å². The standard InChI is InChI=1S/C14H22N4O/c1-18(7-11-6-9-3-4-10(11)5-9)13-12(15)14(19-2)17-8-16-13/h8-11H,3-7,15H2,1-2H3. The van der Waals surface area contributed by atoms with E-state index in [1.807, 2.05) is 0 Å². The van der Waals surface area contributed by atoms with Gasteiger partial charge in [-0.1, -0.05) is 6.42 Å². The maximum atomic E-state index is 6.05. The molecule has 1 aromatic rings. The lowest BCUT2D eigenvalue weighted by Crippen LogP contribution is -2.29. The van der Waals surface area contributed by atoms with Crippen molar-refractivity contribution in [3.8, 4) is 5.88 Å². The summed E-state index contributed by atoms with van der Waals surface area (Å²) in [6, 6.07) is 0. The Labute approximate surface area is 114 Å². The van der Waals surface area contributed by atoms with Crippen molar-refractivity contribution in [3.63, 3.8) is 0 Å². The minimum absolute atomic E-state index is 0.463. The summed E-state index contributed by atoms with van der Waals surface area (Å²) in [5.74, 6) is 3.93. The van der Waals surface area contributed by atoms with E-state index in [9.17, 15) is 0 Å². The normalized spacial score (nSPS) is 28.6. The average molecular weight is 262 g/mol. The molecule has 0 amide bonds. The lowest BCUT2D eigenvalue weighted by atomic mass is 9.88. The smallest absolute Gasteiger partial charge is 0.242 e. The van der Waals surface area contributed by atoms with E-state index in [-0.39, 0.29) is 0 Å². The lowest BCUT2D eigenvalue weighted by molar-refractivity contribution is 0.337. The Morgan fingerprint density at radius 3 is 2.84 bits per heavy atom. The molecule has 1 heterocycles. The van der Waals surface area contributed by atoms with Gasteiger partial charge in [0, 0.05) is 13.6 Å². The molecular weight excluding hydrogens is 240 g/mol. The van der Waals surface area contributed by atoms with Crippen LogP contribution in [0.2, 0.25) is 0 Å². The third kappa shape index (κ3) is 2.22. The molecule has 0 radical (unpaired) electrons. The van der Waals surface area contributed by atoms with Crippen LogP contribution in [0, 0.1) is 17.8 Å². The molecule has 1 aromatic heterocycles. The topological polar surface area (TPSA) is 64.3 Å². The Kier molecular flexibility index (Phi) is 3.21. The largest absolute Gasteiger partial charge is 0.479 e. The highest BCUT2D eigenvalue weighted by Crippen LogP contribution is 2.48. The van der Waals surface area contributed by atoms with Crippen molar-refractivity contribution in [1.29, 1.82) is 0 Å². The third-order valence-corrected chi connectivity index (χ3v) is 4.77. The highest BCUT2D eigenvalue weighted by molar-refractivity contribution is 5.67. The highest BCUT2D eigenvalue weighted by atomic mass is 16.5. The summed E-state index contributed by atoms with van der Waals surface area (Å²) in [5, 5.41) is 0. The molecule has 2 saturated carbocycles. The Hall–Kier alpha value is -1.52. The van der Waals surface area contributed by atoms with Crippen molar-refractivity contribution in [2.24, 2.45) is 17.8 Å². The summed E-state index contributed by atoms with van der Waals surface area (Å²) in [6.07, 6.45) is 7.17. The molecule has 2 N–H and O–H groups in total. The number of ether oxygens (including phenoxy) is 1. The molecule has 0 spiro atoms. The van der Waals surface area contributed by atoms with Gasteiger partial charge in [-0.05, 0) is 37.0 Å². The molecule has 2 aliphatic rings. The number of anilines is 2. The van der Waals surface area contributed by atoms with Gasteiger partial charge in [0.25, 0.3) is 0 Å². The van der Waals surface area contributed by atoms with E-state index in [1.165, 1.54) is 32.0 Å². The Balaban J connectivity index is 1.72.